The van der Waals surface area contributed by atoms with Gasteiger partial charge in [0.1, 0.15) is 0 Å². The molecule has 1 saturated heterocycles. The summed E-state index contributed by atoms with van der Waals surface area (Å²) in [5.41, 5.74) is 0. The minimum atomic E-state index is 0. The lowest BCUT2D eigenvalue weighted by atomic mass is 10.0. The van der Waals surface area contributed by atoms with E-state index in [-0.39, 0.29) is 18.4 Å². The van der Waals surface area contributed by atoms with Crippen LogP contribution in [0.3, 0.4) is 0 Å². The van der Waals surface area contributed by atoms with Crippen molar-refractivity contribution in [1.82, 2.24) is 10.2 Å². The average Bonchev–Trinajstić information content (AvgIpc) is 2.82. The van der Waals surface area contributed by atoms with Gasteiger partial charge in [0, 0.05) is 13.6 Å². The average molecular weight is 261 g/mol. The van der Waals surface area contributed by atoms with E-state index in [1.807, 2.05) is 11.9 Å². The van der Waals surface area contributed by atoms with Gasteiger partial charge >= 0.3 is 0 Å². The maximum Gasteiger partial charge on any atom is 0.239 e. The van der Waals surface area contributed by atoms with Gasteiger partial charge in [0.15, 0.2) is 0 Å². The smallest absolute Gasteiger partial charge is 0.239 e. The van der Waals surface area contributed by atoms with Crippen LogP contribution in [0.4, 0.5) is 0 Å². The summed E-state index contributed by atoms with van der Waals surface area (Å²) < 4.78 is 0. The molecule has 1 amide bonds. The van der Waals surface area contributed by atoms with Gasteiger partial charge in [-0.05, 0) is 38.1 Å². The Bertz CT molecular complexity index is 236. The van der Waals surface area contributed by atoms with Gasteiger partial charge in [-0.2, -0.15) is 0 Å². The summed E-state index contributed by atoms with van der Waals surface area (Å²) >= 11 is 0. The first-order valence-electron chi connectivity index (χ1n) is 6.76. The van der Waals surface area contributed by atoms with Gasteiger partial charge in [-0.1, -0.05) is 19.3 Å². The van der Waals surface area contributed by atoms with Crippen LogP contribution >= 0.6 is 12.4 Å². The van der Waals surface area contributed by atoms with E-state index in [9.17, 15) is 4.79 Å². The van der Waals surface area contributed by atoms with Gasteiger partial charge < -0.3 is 10.2 Å². The molecule has 0 bridgehead atoms. The minimum absolute atomic E-state index is 0. The molecule has 1 saturated carbocycles. The van der Waals surface area contributed by atoms with E-state index in [2.05, 4.69) is 5.32 Å². The van der Waals surface area contributed by atoms with E-state index in [1.54, 1.807) is 0 Å². The Morgan fingerprint density at radius 1 is 1.18 bits per heavy atom. The normalized spacial score (nSPS) is 25.4. The van der Waals surface area contributed by atoms with Crippen LogP contribution < -0.4 is 5.32 Å². The molecule has 1 aliphatic heterocycles. The van der Waals surface area contributed by atoms with Crippen LogP contribution in [0.5, 0.6) is 0 Å². The summed E-state index contributed by atoms with van der Waals surface area (Å²) in [5.74, 6) is 1.07. The number of hydrogen-bond acceptors (Lipinski definition) is 2. The standard InChI is InChI=1S/C13H24N2O.ClH/c1-15(10-11-6-2-3-7-11)13(16)12-8-4-5-9-14-12;/h11-12,14H,2-10H2,1H3;1H. The van der Waals surface area contributed by atoms with Crippen LogP contribution in [0, 0.1) is 5.92 Å². The summed E-state index contributed by atoms with van der Waals surface area (Å²) in [6, 6.07) is 0.0974. The molecule has 2 aliphatic rings. The van der Waals surface area contributed by atoms with Crippen LogP contribution in [-0.4, -0.2) is 37.0 Å². The number of rotatable bonds is 3. The number of piperidine rings is 1. The molecule has 0 spiro atoms. The minimum Gasteiger partial charge on any atom is -0.344 e. The van der Waals surface area contributed by atoms with Crippen LogP contribution in [0.15, 0.2) is 0 Å². The van der Waals surface area contributed by atoms with Crippen molar-refractivity contribution in [1.29, 1.82) is 0 Å². The third kappa shape index (κ3) is 4.14. The Labute approximate surface area is 111 Å². The molecular weight excluding hydrogens is 236 g/mol. The first-order chi connectivity index (χ1) is 7.77. The second-order valence-corrected chi connectivity index (χ2v) is 5.37. The van der Waals surface area contributed by atoms with Crippen molar-refractivity contribution >= 4 is 18.3 Å². The number of hydrogen-bond donors (Lipinski definition) is 1. The van der Waals surface area contributed by atoms with Crippen molar-refractivity contribution in [3.8, 4) is 0 Å². The molecule has 2 rings (SSSR count). The van der Waals surface area contributed by atoms with E-state index in [0.29, 0.717) is 5.91 Å². The molecule has 0 radical (unpaired) electrons. The number of likely N-dealkylation sites (N-methyl/N-ethyl adjacent to an activating group) is 1. The highest BCUT2D eigenvalue weighted by molar-refractivity contribution is 5.85. The molecule has 0 aromatic rings. The van der Waals surface area contributed by atoms with Gasteiger partial charge in [-0.15, -0.1) is 12.4 Å². The van der Waals surface area contributed by atoms with Gasteiger partial charge in [-0.25, -0.2) is 0 Å². The predicted molar refractivity (Wildman–Crippen MR) is 72.5 cm³/mol. The lowest BCUT2D eigenvalue weighted by molar-refractivity contribution is -0.133. The van der Waals surface area contributed by atoms with E-state index >= 15 is 0 Å². The molecule has 1 atom stereocenters. The molecule has 2 fully saturated rings. The zero-order valence-electron chi connectivity index (χ0n) is 10.8. The Morgan fingerprint density at radius 2 is 1.82 bits per heavy atom. The number of nitrogens with zero attached hydrogens (tertiary/aromatic N) is 1. The molecule has 100 valence electrons. The lowest BCUT2D eigenvalue weighted by Gasteiger charge is -2.29. The van der Waals surface area contributed by atoms with Crippen molar-refractivity contribution in [2.24, 2.45) is 5.92 Å². The van der Waals surface area contributed by atoms with Gasteiger partial charge in [0.2, 0.25) is 5.91 Å². The zero-order valence-corrected chi connectivity index (χ0v) is 11.6. The molecular formula is C13H25ClN2O. The highest BCUT2D eigenvalue weighted by atomic mass is 35.5. The maximum atomic E-state index is 12.1. The van der Waals surface area contributed by atoms with E-state index in [4.69, 9.17) is 0 Å². The molecule has 0 aromatic carbocycles. The van der Waals surface area contributed by atoms with Gasteiger partial charge in [0.05, 0.1) is 6.04 Å². The highest BCUT2D eigenvalue weighted by Gasteiger charge is 2.25. The number of nitrogens with one attached hydrogen (secondary N) is 1. The SMILES string of the molecule is CN(CC1CCCC1)C(=O)C1CCCCN1.Cl. The maximum absolute atomic E-state index is 12.1. The topological polar surface area (TPSA) is 32.3 Å². The van der Waals surface area contributed by atoms with E-state index < -0.39 is 0 Å². The first-order valence-corrected chi connectivity index (χ1v) is 6.76. The summed E-state index contributed by atoms with van der Waals surface area (Å²) in [4.78, 5) is 14.1. The number of halogens is 1. The Balaban J connectivity index is 0.00000144. The monoisotopic (exact) mass is 260 g/mol. The molecule has 4 heteroatoms. The number of carbonyl (C=O) groups is 1. The molecule has 1 aliphatic carbocycles. The van der Waals surface area contributed by atoms with Crippen molar-refractivity contribution in [2.75, 3.05) is 20.1 Å². The zero-order chi connectivity index (χ0) is 11.4. The van der Waals surface area contributed by atoms with Crippen LogP contribution in [-0.2, 0) is 4.79 Å². The molecule has 3 nitrogen and oxygen atoms in total. The van der Waals surface area contributed by atoms with Gasteiger partial charge in [-0.3, -0.25) is 4.79 Å². The van der Waals surface area contributed by atoms with Crippen molar-refractivity contribution in [2.45, 2.75) is 51.0 Å². The molecule has 0 aromatic heterocycles. The second kappa shape index (κ2) is 7.22. The first kappa shape index (κ1) is 14.8. The third-order valence-electron chi connectivity index (χ3n) is 3.99. The van der Waals surface area contributed by atoms with Crippen LogP contribution in [0.25, 0.3) is 0 Å². The fourth-order valence-electron chi connectivity index (χ4n) is 3.00. The van der Waals surface area contributed by atoms with Crippen LogP contribution in [0.1, 0.15) is 44.9 Å². The van der Waals surface area contributed by atoms with E-state index in [1.165, 1.54) is 38.5 Å². The quantitative estimate of drug-likeness (QED) is 0.844. The fourth-order valence-corrected chi connectivity index (χ4v) is 3.00. The summed E-state index contributed by atoms with van der Waals surface area (Å²) in [6.45, 7) is 1.98. The summed E-state index contributed by atoms with van der Waals surface area (Å²) in [7, 11) is 1.97. The van der Waals surface area contributed by atoms with Crippen molar-refractivity contribution in [3.05, 3.63) is 0 Å². The van der Waals surface area contributed by atoms with Crippen molar-refractivity contribution < 1.29 is 4.79 Å². The van der Waals surface area contributed by atoms with E-state index in [0.717, 1.165) is 25.4 Å². The Hall–Kier alpha value is -0.280. The summed E-state index contributed by atoms with van der Waals surface area (Å²) in [6.07, 6.45) is 8.78. The third-order valence-corrected chi connectivity index (χ3v) is 3.99. The Kier molecular flexibility index (Phi) is 6.28. The number of carbonyl (C=O) groups excluding carboxylic acids is 1. The predicted octanol–water partition coefficient (Wildman–Crippen LogP) is 2.20. The molecule has 1 N–H and O–H groups in total. The second-order valence-electron chi connectivity index (χ2n) is 5.37. The lowest BCUT2D eigenvalue weighted by Crippen LogP contribution is -2.48. The van der Waals surface area contributed by atoms with Gasteiger partial charge in [0.25, 0.3) is 0 Å². The highest BCUT2D eigenvalue weighted by Crippen LogP contribution is 2.25. The summed E-state index contributed by atoms with van der Waals surface area (Å²) in [5, 5.41) is 3.33. The largest absolute Gasteiger partial charge is 0.344 e. The molecule has 1 heterocycles. The molecule has 1 unspecified atom stereocenters. The van der Waals surface area contributed by atoms with Crippen LogP contribution in [0.2, 0.25) is 0 Å². The number of amides is 1. The van der Waals surface area contributed by atoms with Crippen molar-refractivity contribution in [3.63, 3.8) is 0 Å². The fraction of sp³-hybridized carbons (Fsp3) is 0.923. The molecule has 17 heavy (non-hydrogen) atoms. The Morgan fingerprint density at radius 3 is 2.41 bits per heavy atom.